The quantitative estimate of drug-likeness (QED) is 0.709. The first-order valence-electron chi connectivity index (χ1n) is 6.14. The van der Waals surface area contributed by atoms with Crippen LogP contribution in [-0.2, 0) is 0 Å². The van der Waals surface area contributed by atoms with Crippen molar-refractivity contribution in [1.82, 2.24) is 4.40 Å². The van der Waals surface area contributed by atoms with Crippen molar-refractivity contribution in [3.8, 4) is 0 Å². The van der Waals surface area contributed by atoms with Gasteiger partial charge in [-0.05, 0) is 49.5 Å². The van der Waals surface area contributed by atoms with Crippen LogP contribution in [0.15, 0.2) is 31.0 Å². The van der Waals surface area contributed by atoms with Gasteiger partial charge in [-0.1, -0.05) is 24.6 Å². The molecule has 1 fully saturated rings. The van der Waals surface area contributed by atoms with Gasteiger partial charge in [-0.25, -0.2) is 0 Å². The Labute approximate surface area is 107 Å². The second-order valence-corrected chi connectivity index (χ2v) is 5.37. The van der Waals surface area contributed by atoms with E-state index < -0.39 is 0 Å². The summed E-state index contributed by atoms with van der Waals surface area (Å²) < 4.78 is 2.25. The Morgan fingerprint density at radius 2 is 2.24 bits per heavy atom. The Bertz CT molecular complexity index is 590. The second kappa shape index (κ2) is 3.92. The molecule has 17 heavy (non-hydrogen) atoms. The lowest BCUT2D eigenvalue weighted by molar-refractivity contribution is 0.409. The van der Waals surface area contributed by atoms with Gasteiger partial charge < -0.3 is 4.40 Å². The zero-order valence-electron chi connectivity index (χ0n) is 10.0. The van der Waals surface area contributed by atoms with Gasteiger partial charge in [0.1, 0.15) is 0 Å². The molecule has 0 unspecified atom stereocenters. The molecule has 0 bridgehead atoms. The molecule has 0 N–H and O–H groups in total. The van der Waals surface area contributed by atoms with Crippen molar-refractivity contribution in [2.75, 3.05) is 0 Å². The van der Waals surface area contributed by atoms with Crippen LogP contribution in [0.3, 0.4) is 0 Å². The number of hydrogen-bond acceptors (Lipinski definition) is 0. The molecule has 2 heterocycles. The summed E-state index contributed by atoms with van der Waals surface area (Å²) in [5.74, 6) is 0.703. The van der Waals surface area contributed by atoms with Gasteiger partial charge in [-0.3, -0.25) is 0 Å². The summed E-state index contributed by atoms with van der Waals surface area (Å²) in [5, 5.41) is 0.816. The molecule has 0 amide bonds. The number of rotatable bonds is 2. The van der Waals surface area contributed by atoms with E-state index in [1.807, 2.05) is 19.1 Å². The highest BCUT2D eigenvalue weighted by Crippen LogP contribution is 2.40. The lowest BCUT2D eigenvalue weighted by Crippen LogP contribution is -2.10. The van der Waals surface area contributed by atoms with Crippen LogP contribution in [-0.4, -0.2) is 4.40 Å². The predicted octanol–water partition coefficient (Wildman–Crippen LogP) is 4.89. The molecule has 0 spiro atoms. The van der Waals surface area contributed by atoms with Crippen LogP contribution in [0, 0.1) is 0 Å². The predicted molar refractivity (Wildman–Crippen MR) is 73.7 cm³/mol. The van der Waals surface area contributed by atoms with Gasteiger partial charge in [0, 0.05) is 17.5 Å². The van der Waals surface area contributed by atoms with Gasteiger partial charge in [0.2, 0.25) is 0 Å². The van der Waals surface area contributed by atoms with E-state index in [1.165, 1.54) is 30.5 Å². The first-order chi connectivity index (χ1) is 8.18. The van der Waals surface area contributed by atoms with Crippen molar-refractivity contribution >= 4 is 22.7 Å². The van der Waals surface area contributed by atoms with E-state index >= 15 is 0 Å². The van der Waals surface area contributed by atoms with E-state index in [0.717, 1.165) is 16.1 Å². The summed E-state index contributed by atoms with van der Waals surface area (Å²) in [6, 6.07) is 6.24. The molecule has 0 saturated heterocycles. The Hall–Kier alpha value is -1.21. The maximum absolute atomic E-state index is 6.32. The molecular weight excluding hydrogens is 230 g/mol. The lowest BCUT2D eigenvalue weighted by Gasteiger charge is -2.25. The SMILES string of the molecule is C=C(C)c1cc(C2CCC2)n2cccc(Cl)c12. The largest absolute Gasteiger partial charge is 0.319 e. The molecule has 2 aromatic rings. The maximum Gasteiger partial charge on any atom is 0.0715 e. The van der Waals surface area contributed by atoms with Gasteiger partial charge in [-0.2, -0.15) is 0 Å². The number of nitrogens with zero attached hydrogens (tertiary/aromatic N) is 1. The van der Waals surface area contributed by atoms with Gasteiger partial charge in [0.15, 0.2) is 0 Å². The van der Waals surface area contributed by atoms with Crippen molar-refractivity contribution in [2.45, 2.75) is 32.1 Å². The van der Waals surface area contributed by atoms with Gasteiger partial charge in [0.05, 0.1) is 10.5 Å². The minimum Gasteiger partial charge on any atom is -0.319 e. The van der Waals surface area contributed by atoms with Crippen LogP contribution >= 0.6 is 11.6 Å². The third-order valence-electron chi connectivity index (χ3n) is 3.75. The summed E-state index contributed by atoms with van der Waals surface area (Å²) in [7, 11) is 0. The fourth-order valence-electron chi connectivity index (χ4n) is 2.59. The van der Waals surface area contributed by atoms with E-state index in [9.17, 15) is 0 Å². The van der Waals surface area contributed by atoms with Crippen LogP contribution in [0.4, 0.5) is 0 Å². The third kappa shape index (κ3) is 1.61. The first kappa shape index (κ1) is 10.9. The molecule has 0 radical (unpaired) electrons. The normalized spacial score (nSPS) is 16.1. The summed E-state index contributed by atoms with van der Waals surface area (Å²) in [4.78, 5) is 0. The topological polar surface area (TPSA) is 4.41 Å². The number of fused-ring (bicyclic) bond motifs is 1. The van der Waals surface area contributed by atoms with Crippen molar-refractivity contribution in [2.24, 2.45) is 0 Å². The van der Waals surface area contributed by atoms with Gasteiger partial charge >= 0.3 is 0 Å². The van der Waals surface area contributed by atoms with E-state index in [1.54, 1.807) is 0 Å². The monoisotopic (exact) mass is 245 g/mol. The molecule has 0 aliphatic heterocycles. The summed E-state index contributed by atoms with van der Waals surface area (Å²) >= 11 is 6.32. The zero-order chi connectivity index (χ0) is 12.0. The standard InChI is InChI=1S/C15H16ClN/c1-10(2)12-9-14(11-5-3-6-11)17-8-4-7-13(16)15(12)17/h4,7-9,11H,1,3,5-6H2,2H3. The van der Waals surface area contributed by atoms with Crippen LogP contribution < -0.4 is 0 Å². The highest BCUT2D eigenvalue weighted by atomic mass is 35.5. The van der Waals surface area contributed by atoms with E-state index in [-0.39, 0.29) is 0 Å². The molecule has 2 aromatic heterocycles. The summed E-state index contributed by atoms with van der Waals surface area (Å²) in [6.07, 6.45) is 6.06. The molecule has 2 heteroatoms. The van der Waals surface area contributed by atoms with Crippen LogP contribution in [0.1, 0.15) is 43.4 Å². The highest BCUT2D eigenvalue weighted by Gasteiger charge is 2.24. The minimum absolute atomic E-state index is 0.703. The number of halogens is 1. The Morgan fingerprint density at radius 1 is 1.47 bits per heavy atom. The third-order valence-corrected chi connectivity index (χ3v) is 4.06. The molecule has 3 rings (SSSR count). The fourth-order valence-corrected chi connectivity index (χ4v) is 2.85. The summed E-state index contributed by atoms with van der Waals surface area (Å²) in [6.45, 7) is 6.11. The van der Waals surface area contributed by atoms with Gasteiger partial charge in [-0.15, -0.1) is 0 Å². The fraction of sp³-hybridized carbons (Fsp3) is 0.333. The van der Waals surface area contributed by atoms with Crippen molar-refractivity contribution < 1.29 is 0 Å². The smallest absolute Gasteiger partial charge is 0.0715 e. The van der Waals surface area contributed by atoms with Crippen molar-refractivity contribution in [1.29, 1.82) is 0 Å². The molecule has 0 aromatic carbocycles. The van der Waals surface area contributed by atoms with Crippen LogP contribution in [0.5, 0.6) is 0 Å². The maximum atomic E-state index is 6.32. The molecule has 1 nitrogen and oxygen atoms in total. The Kier molecular flexibility index (Phi) is 2.52. The number of hydrogen-bond donors (Lipinski definition) is 0. The Balaban J connectivity index is 2.30. The molecule has 88 valence electrons. The second-order valence-electron chi connectivity index (χ2n) is 4.97. The van der Waals surface area contributed by atoms with Crippen LogP contribution in [0.25, 0.3) is 11.1 Å². The molecule has 0 atom stereocenters. The van der Waals surface area contributed by atoms with Crippen molar-refractivity contribution in [3.63, 3.8) is 0 Å². The minimum atomic E-state index is 0.703. The van der Waals surface area contributed by atoms with Gasteiger partial charge in [0.25, 0.3) is 0 Å². The average molecular weight is 246 g/mol. The molecular formula is C15H16ClN. The van der Waals surface area contributed by atoms with E-state index in [4.69, 9.17) is 11.6 Å². The highest BCUT2D eigenvalue weighted by molar-refractivity contribution is 6.34. The number of allylic oxidation sites excluding steroid dienone is 1. The van der Waals surface area contributed by atoms with E-state index in [0.29, 0.717) is 5.92 Å². The number of pyridine rings is 1. The van der Waals surface area contributed by atoms with Crippen LogP contribution in [0.2, 0.25) is 5.02 Å². The molecule has 1 aliphatic carbocycles. The van der Waals surface area contributed by atoms with Crippen molar-refractivity contribution in [3.05, 3.63) is 47.3 Å². The molecule has 1 aliphatic rings. The zero-order valence-corrected chi connectivity index (χ0v) is 10.8. The lowest BCUT2D eigenvalue weighted by atomic mass is 9.83. The average Bonchev–Trinajstić information content (AvgIpc) is 2.57. The van der Waals surface area contributed by atoms with E-state index in [2.05, 4.69) is 23.2 Å². The Morgan fingerprint density at radius 3 is 2.82 bits per heavy atom. The number of aromatic nitrogens is 1. The summed E-state index contributed by atoms with van der Waals surface area (Å²) in [5.41, 5.74) is 4.79. The molecule has 1 saturated carbocycles. The first-order valence-corrected chi connectivity index (χ1v) is 6.51.